The number of aliphatic hydroxyl groups is 1. The predicted molar refractivity (Wildman–Crippen MR) is 149 cm³/mol. The summed E-state index contributed by atoms with van der Waals surface area (Å²) in [5, 5.41) is 11.1. The van der Waals surface area contributed by atoms with Crippen molar-refractivity contribution in [3.05, 3.63) is 81.6 Å². The highest BCUT2D eigenvalue weighted by Crippen LogP contribution is 2.47. The van der Waals surface area contributed by atoms with Crippen LogP contribution in [0.5, 0.6) is 17.2 Å². The summed E-state index contributed by atoms with van der Waals surface area (Å²) in [5.74, 6) is -1.88. The van der Waals surface area contributed by atoms with E-state index in [9.17, 15) is 19.5 Å². The van der Waals surface area contributed by atoms with E-state index in [0.29, 0.717) is 17.0 Å². The fourth-order valence-electron chi connectivity index (χ4n) is 4.33. The number of benzene rings is 2. The number of hydrogen-bond donors (Lipinski definition) is 1. The monoisotopic (exact) mass is 564 g/mol. The average Bonchev–Trinajstić information content (AvgIpc) is 3.47. The summed E-state index contributed by atoms with van der Waals surface area (Å²) < 4.78 is 21.5. The first-order valence-corrected chi connectivity index (χ1v) is 13.1. The average molecular weight is 565 g/mol. The minimum absolute atomic E-state index is 0.102. The van der Waals surface area contributed by atoms with E-state index in [0.717, 1.165) is 16.9 Å². The van der Waals surface area contributed by atoms with Gasteiger partial charge in [0.25, 0.3) is 5.91 Å². The van der Waals surface area contributed by atoms with E-state index in [2.05, 4.69) is 4.98 Å². The molecule has 0 aliphatic carbocycles. The van der Waals surface area contributed by atoms with Crippen LogP contribution in [0.2, 0.25) is 0 Å². The first-order chi connectivity index (χ1) is 19.2. The Balaban J connectivity index is 1.89. The number of ether oxygens (including phenoxy) is 4. The molecule has 1 N–H and O–H groups in total. The lowest BCUT2D eigenvalue weighted by molar-refractivity contribution is -0.117. The van der Waals surface area contributed by atoms with Gasteiger partial charge in [-0.3, -0.25) is 14.5 Å². The zero-order valence-corrected chi connectivity index (χ0v) is 23.4. The van der Waals surface area contributed by atoms with Gasteiger partial charge in [-0.15, -0.1) is 0 Å². The smallest absolute Gasteiger partial charge is 0.350 e. The van der Waals surface area contributed by atoms with Gasteiger partial charge in [-0.05, 0) is 43.2 Å². The van der Waals surface area contributed by atoms with Crippen LogP contribution in [0.1, 0.15) is 39.5 Å². The molecule has 0 saturated carbocycles. The van der Waals surface area contributed by atoms with Crippen molar-refractivity contribution in [2.75, 3.05) is 32.8 Å². The summed E-state index contributed by atoms with van der Waals surface area (Å²) in [6.45, 7) is 3.46. The highest BCUT2D eigenvalue weighted by atomic mass is 32.1. The van der Waals surface area contributed by atoms with Crippen molar-refractivity contribution < 1.29 is 38.4 Å². The molecule has 1 unspecified atom stereocenters. The maximum Gasteiger partial charge on any atom is 0.350 e. The first-order valence-electron chi connectivity index (χ1n) is 12.2. The molecular weight excluding hydrogens is 536 g/mol. The maximum atomic E-state index is 13.6. The third-order valence-corrected chi connectivity index (χ3v) is 7.29. The number of carbonyl (C=O) groups is 3. The van der Waals surface area contributed by atoms with E-state index in [1.54, 1.807) is 32.1 Å². The molecule has 10 nitrogen and oxygen atoms in total. The Labute approximate surface area is 235 Å². The third kappa shape index (κ3) is 5.28. The highest BCUT2D eigenvalue weighted by molar-refractivity contribution is 7.17. The number of rotatable bonds is 10. The minimum atomic E-state index is -1.13. The summed E-state index contributed by atoms with van der Waals surface area (Å²) in [4.78, 5) is 45.4. The van der Waals surface area contributed by atoms with Crippen LogP contribution in [0.25, 0.3) is 6.08 Å². The largest absolute Gasteiger partial charge is 0.503 e. The number of amides is 1. The number of hydrogen-bond acceptors (Lipinski definition) is 10. The molecule has 0 bridgehead atoms. The summed E-state index contributed by atoms with van der Waals surface area (Å²) in [5.41, 5.74) is 1.32. The second-order valence-electron chi connectivity index (χ2n) is 8.54. The molecule has 4 rings (SSSR count). The van der Waals surface area contributed by atoms with Crippen molar-refractivity contribution in [2.24, 2.45) is 0 Å². The summed E-state index contributed by atoms with van der Waals surface area (Å²) in [6.07, 6.45) is 2.88. The standard InChI is InChI=1S/C29H28N2O8S/c1-6-39-28(35)26-16(2)30-29(40-26)31-23(18-14-20(36-3)25(38-5)21(15-18)37-4)22(24(33)27(31)34)19(32)13-12-17-10-8-7-9-11-17/h7-15,23,33H,6H2,1-5H3. The van der Waals surface area contributed by atoms with Crippen LogP contribution in [0.15, 0.2) is 59.9 Å². The third-order valence-electron chi connectivity index (χ3n) is 6.16. The van der Waals surface area contributed by atoms with Crippen LogP contribution in [0.4, 0.5) is 5.13 Å². The lowest BCUT2D eigenvalue weighted by Gasteiger charge is -2.25. The molecule has 1 amide bonds. The minimum Gasteiger partial charge on any atom is -0.503 e. The number of esters is 1. The zero-order valence-electron chi connectivity index (χ0n) is 22.6. The van der Waals surface area contributed by atoms with Crippen molar-refractivity contribution >= 4 is 40.2 Å². The quantitative estimate of drug-likeness (QED) is 0.272. The summed E-state index contributed by atoms with van der Waals surface area (Å²) >= 11 is 0.926. The van der Waals surface area contributed by atoms with E-state index in [-0.39, 0.29) is 33.7 Å². The van der Waals surface area contributed by atoms with Gasteiger partial charge in [-0.2, -0.15) is 0 Å². The van der Waals surface area contributed by atoms with Crippen LogP contribution in [0, 0.1) is 6.92 Å². The summed E-state index contributed by atoms with van der Waals surface area (Å²) in [6, 6.07) is 11.2. The number of carbonyl (C=O) groups excluding carboxylic acids is 3. The van der Waals surface area contributed by atoms with Gasteiger partial charge in [0.15, 0.2) is 28.2 Å². The molecule has 11 heteroatoms. The van der Waals surface area contributed by atoms with Gasteiger partial charge < -0.3 is 24.1 Å². The number of ketones is 1. The molecule has 0 saturated heterocycles. The molecule has 1 aliphatic rings. The van der Waals surface area contributed by atoms with Gasteiger partial charge in [-0.1, -0.05) is 47.7 Å². The number of thiazole rings is 1. The van der Waals surface area contributed by atoms with Crippen molar-refractivity contribution in [1.29, 1.82) is 0 Å². The second-order valence-corrected chi connectivity index (χ2v) is 9.52. The Morgan fingerprint density at radius 3 is 2.30 bits per heavy atom. The van der Waals surface area contributed by atoms with E-state index in [1.807, 2.05) is 30.3 Å². The number of aliphatic hydroxyl groups excluding tert-OH is 1. The number of aryl methyl sites for hydroxylation is 1. The normalized spacial score (nSPS) is 15.1. The van der Waals surface area contributed by atoms with Crippen molar-refractivity contribution in [3.8, 4) is 17.2 Å². The number of aromatic nitrogens is 1. The predicted octanol–water partition coefficient (Wildman–Crippen LogP) is 4.84. The molecule has 1 aromatic heterocycles. The molecule has 40 heavy (non-hydrogen) atoms. The fourth-order valence-corrected chi connectivity index (χ4v) is 5.31. The Kier molecular flexibility index (Phi) is 8.54. The summed E-state index contributed by atoms with van der Waals surface area (Å²) in [7, 11) is 4.34. The van der Waals surface area contributed by atoms with Gasteiger partial charge in [0.2, 0.25) is 5.75 Å². The lowest BCUT2D eigenvalue weighted by atomic mass is 9.95. The molecule has 0 radical (unpaired) electrons. The van der Waals surface area contributed by atoms with Crippen LogP contribution in [0.3, 0.4) is 0 Å². The first kappa shape index (κ1) is 28.4. The molecule has 1 aliphatic heterocycles. The van der Waals surface area contributed by atoms with Crippen LogP contribution in [-0.4, -0.2) is 55.7 Å². The van der Waals surface area contributed by atoms with E-state index < -0.39 is 29.5 Å². The number of methoxy groups -OCH3 is 3. The maximum absolute atomic E-state index is 13.6. The Morgan fingerprint density at radius 1 is 1.07 bits per heavy atom. The number of anilines is 1. The SMILES string of the molecule is CCOC(=O)c1sc(N2C(=O)C(O)=C(C(=O)C=Cc3ccccc3)C2c2cc(OC)c(OC)c(OC)c2)nc1C. The molecular formula is C29H28N2O8S. The number of nitrogens with zero attached hydrogens (tertiary/aromatic N) is 2. The van der Waals surface area contributed by atoms with E-state index in [1.165, 1.54) is 32.3 Å². The molecule has 2 aromatic carbocycles. The van der Waals surface area contributed by atoms with E-state index >= 15 is 0 Å². The van der Waals surface area contributed by atoms with Crippen molar-refractivity contribution in [3.63, 3.8) is 0 Å². The van der Waals surface area contributed by atoms with Crippen LogP contribution in [-0.2, 0) is 14.3 Å². The second kappa shape index (κ2) is 12.0. The van der Waals surface area contributed by atoms with Gasteiger partial charge >= 0.3 is 5.97 Å². The molecule has 3 aromatic rings. The highest BCUT2D eigenvalue weighted by Gasteiger charge is 2.46. The molecule has 0 fully saturated rings. The van der Waals surface area contributed by atoms with Gasteiger partial charge in [0.05, 0.1) is 45.2 Å². The van der Waals surface area contributed by atoms with Crippen molar-refractivity contribution in [2.45, 2.75) is 19.9 Å². The lowest BCUT2D eigenvalue weighted by Crippen LogP contribution is -2.31. The van der Waals surface area contributed by atoms with Crippen LogP contribution >= 0.6 is 11.3 Å². The van der Waals surface area contributed by atoms with Gasteiger partial charge in [0, 0.05) is 0 Å². The van der Waals surface area contributed by atoms with Gasteiger partial charge in [0.1, 0.15) is 4.88 Å². The zero-order chi connectivity index (χ0) is 29.0. The molecule has 1 atom stereocenters. The van der Waals surface area contributed by atoms with Crippen LogP contribution < -0.4 is 19.1 Å². The molecule has 0 spiro atoms. The Bertz CT molecular complexity index is 1480. The number of allylic oxidation sites excluding steroid dienone is 1. The van der Waals surface area contributed by atoms with Crippen molar-refractivity contribution in [1.82, 2.24) is 4.98 Å². The van der Waals surface area contributed by atoms with Gasteiger partial charge in [-0.25, -0.2) is 9.78 Å². The Hall–Kier alpha value is -4.64. The van der Waals surface area contributed by atoms with E-state index in [4.69, 9.17) is 18.9 Å². The Morgan fingerprint density at radius 2 is 1.73 bits per heavy atom. The molecule has 2 heterocycles. The fraction of sp³-hybridized carbons (Fsp3) is 0.241. The molecule has 208 valence electrons. The topological polar surface area (TPSA) is 124 Å².